The topological polar surface area (TPSA) is 82.1 Å². The largest absolute Gasteiger partial charge is 0.465 e. The molecular formula is C44H40O6. The first kappa shape index (κ1) is 34.3. The van der Waals surface area contributed by atoms with E-state index in [1.807, 2.05) is 146 Å². The van der Waals surface area contributed by atoms with E-state index in [0.717, 1.165) is 38.6 Å². The third kappa shape index (κ3) is 7.68. The van der Waals surface area contributed by atoms with Gasteiger partial charge >= 0.3 is 11.9 Å². The Hall–Kier alpha value is -5.56. The lowest BCUT2D eigenvalue weighted by Crippen LogP contribution is -2.40. The number of methoxy groups -OCH3 is 1. The second-order valence-corrected chi connectivity index (χ2v) is 12.2. The number of ether oxygens (including phenoxy) is 3. The molecule has 6 nitrogen and oxygen atoms in total. The second kappa shape index (κ2) is 16.2. The molecule has 6 rings (SSSR count). The summed E-state index contributed by atoms with van der Waals surface area (Å²) in [6, 6.07) is 50.6. The molecule has 0 unspecified atom stereocenters. The van der Waals surface area contributed by atoms with E-state index in [1.54, 1.807) is 12.1 Å². The molecule has 0 aliphatic carbocycles. The van der Waals surface area contributed by atoms with Gasteiger partial charge in [0.1, 0.15) is 18.1 Å². The van der Waals surface area contributed by atoms with E-state index in [0.29, 0.717) is 12.0 Å². The standard InChI is InChI=1S/C44H40O6/c1-48-42(46)35-28-33-18-14-15-25-39(33)34(29-35)26-27-41(45)40(43(47)49-30-32-16-6-2-7-17-32)31-50-44(36-19-8-3-9-20-36,37-21-10-4-11-22-37)38-23-12-5-13-24-38/h2-25,28-29,40-41,45H,26-27,30-31H2,1H3/t40-,41-/m0/s1. The molecule has 1 N–H and O–H groups in total. The van der Waals surface area contributed by atoms with Gasteiger partial charge in [-0.2, -0.15) is 0 Å². The molecule has 0 spiro atoms. The summed E-state index contributed by atoms with van der Waals surface area (Å²) < 4.78 is 17.9. The fraction of sp³-hybridized carbons (Fsp3) is 0.182. The average molecular weight is 665 g/mol. The lowest BCUT2D eigenvalue weighted by Gasteiger charge is -2.37. The molecule has 50 heavy (non-hydrogen) atoms. The van der Waals surface area contributed by atoms with E-state index in [1.165, 1.54) is 7.11 Å². The van der Waals surface area contributed by atoms with Gasteiger partial charge in [0.25, 0.3) is 0 Å². The maximum Gasteiger partial charge on any atom is 0.337 e. The summed E-state index contributed by atoms with van der Waals surface area (Å²) in [4.78, 5) is 26.5. The van der Waals surface area contributed by atoms with Crippen molar-refractivity contribution in [3.05, 3.63) is 191 Å². The minimum Gasteiger partial charge on any atom is -0.465 e. The van der Waals surface area contributed by atoms with Crippen LogP contribution in [0.3, 0.4) is 0 Å². The van der Waals surface area contributed by atoms with Gasteiger partial charge in [-0.1, -0.05) is 146 Å². The van der Waals surface area contributed by atoms with Crippen LogP contribution in [0.4, 0.5) is 0 Å². The molecule has 252 valence electrons. The highest BCUT2D eigenvalue weighted by atomic mass is 16.5. The number of rotatable bonds is 14. The fourth-order valence-corrected chi connectivity index (χ4v) is 6.49. The van der Waals surface area contributed by atoms with Crippen molar-refractivity contribution in [3.8, 4) is 0 Å². The van der Waals surface area contributed by atoms with Crippen LogP contribution in [0.1, 0.15) is 44.6 Å². The number of hydrogen-bond donors (Lipinski definition) is 1. The van der Waals surface area contributed by atoms with Crippen molar-refractivity contribution in [2.24, 2.45) is 5.92 Å². The van der Waals surface area contributed by atoms with E-state index >= 15 is 0 Å². The van der Waals surface area contributed by atoms with Gasteiger partial charge in [-0.25, -0.2) is 4.79 Å². The molecule has 0 fully saturated rings. The van der Waals surface area contributed by atoms with Crippen molar-refractivity contribution in [3.63, 3.8) is 0 Å². The smallest absolute Gasteiger partial charge is 0.337 e. The molecule has 0 aromatic heterocycles. The van der Waals surface area contributed by atoms with Crippen LogP contribution in [0.2, 0.25) is 0 Å². The first-order chi connectivity index (χ1) is 24.5. The van der Waals surface area contributed by atoms with E-state index in [4.69, 9.17) is 14.2 Å². The van der Waals surface area contributed by atoms with Crippen molar-refractivity contribution >= 4 is 22.7 Å². The zero-order chi connectivity index (χ0) is 34.8. The highest BCUT2D eigenvalue weighted by Crippen LogP contribution is 2.41. The maximum atomic E-state index is 14.0. The lowest BCUT2D eigenvalue weighted by atomic mass is 9.80. The second-order valence-electron chi connectivity index (χ2n) is 12.2. The maximum absolute atomic E-state index is 14.0. The van der Waals surface area contributed by atoms with Crippen molar-refractivity contribution in [1.82, 2.24) is 0 Å². The van der Waals surface area contributed by atoms with Gasteiger partial charge < -0.3 is 19.3 Å². The van der Waals surface area contributed by atoms with Crippen LogP contribution in [-0.2, 0) is 37.6 Å². The Morgan fingerprint density at radius 1 is 0.680 bits per heavy atom. The predicted molar refractivity (Wildman–Crippen MR) is 195 cm³/mol. The number of benzene rings is 6. The Morgan fingerprint density at radius 2 is 1.20 bits per heavy atom. The van der Waals surface area contributed by atoms with Gasteiger partial charge in [-0.05, 0) is 63.6 Å². The normalized spacial score (nSPS) is 12.6. The number of esters is 2. The summed E-state index contributed by atoms with van der Waals surface area (Å²) in [5.74, 6) is -2.02. The highest BCUT2D eigenvalue weighted by molar-refractivity contribution is 5.97. The molecule has 6 heteroatoms. The SMILES string of the molecule is COC(=O)c1cc(CC[C@H](O)[C@H](COC(c2ccccc2)(c2ccccc2)c2ccccc2)C(=O)OCc2ccccc2)c2ccccc2c1. The lowest BCUT2D eigenvalue weighted by molar-refractivity contribution is -0.159. The summed E-state index contributed by atoms with van der Waals surface area (Å²) in [7, 11) is 1.35. The van der Waals surface area contributed by atoms with Gasteiger partial charge in [0.15, 0.2) is 0 Å². The molecule has 0 saturated heterocycles. The third-order valence-corrected chi connectivity index (χ3v) is 9.09. The van der Waals surface area contributed by atoms with Gasteiger partial charge in [-0.3, -0.25) is 4.79 Å². The zero-order valence-electron chi connectivity index (χ0n) is 28.0. The van der Waals surface area contributed by atoms with Gasteiger partial charge in [0, 0.05) is 0 Å². The molecule has 6 aromatic rings. The van der Waals surface area contributed by atoms with Gasteiger partial charge in [0.2, 0.25) is 0 Å². The molecule has 0 bridgehead atoms. The Kier molecular flexibility index (Phi) is 11.1. The number of aryl methyl sites for hydroxylation is 1. The van der Waals surface area contributed by atoms with Crippen LogP contribution in [0.5, 0.6) is 0 Å². The summed E-state index contributed by atoms with van der Waals surface area (Å²) in [5.41, 5.74) is 3.70. The Labute approximate surface area is 292 Å². The summed E-state index contributed by atoms with van der Waals surface area (Å²) >= 11 is 0. The van der Waals surface area contributed by atoms with Crippen LogP contribution < -0.4 is 0 Å². The molecule has 0 amide bonds. The molecule has 0 heterocycles. The fourth-order valence-electron chi connectivity index (χ4n) is 6.49. The molecule has 0 radical (unpaired) electrons. The number of fused-ring (bicyclic) bond motifs is 1. The van der Waals surface area contributed by atoms with Gasteiger partial charge in [0.05, 0.1) is 25.4 Å². The van der Waals surface area contributed by atoms with Crippen LogP contribution in [0.25, 0.3) is 10.8 Å². The molecule has 2 atom stereocenters. The Bertz CT molecular complexity index is 1900. The van der Waals surface area contributed by atoms with Gasteiger partial charge in [-0.15, -0.1) is 0 Å². The number of carbonyl (C=O) groups is 2. The first-order valence-electron chi connectivity index (χ1n) is 16.8. The summed E-state index contributed by atoms with van der Waals surface area (Å²) in [6.45, 7) is -0.0632. The van der Waals surface area contributed by atoms with Crippen LogP contribution in [-0.4, -0.2) is 36.9 Å². The number of aliphatic hydroxyl groups excluding tert-OH is 1. The number of aliphatic hydroxyl groups is 1. The van der Waals surface area contributed by atoms with Crippen molar-refractivity contribution in [1.29, 1.82) is 0 Å². The van der Waals surface area contributed by atoms with E-state index in [9.17, 15) is 14.7 Å². The molecule has 6 aromatic carbocycles. The summed E-state index contributed by atoms with van der Waals surface area (Å²) in [6.07, 6.45) is -0.507. The van der Waals surface area contributed by atoms with Crippen molar-refractivity contribution in [2.45, 2.75) is 31.2 Å². The van der Waals surface area contributed by atoms with E-state index < -0.39 is 29.6 Å². The Morgan fingerprint density at radius 3 is 1.76 bits per heavy atom. The van der Waals surface area contributed by atoms with Crippen LogP contribution in [0.15, 0.2) is 158 Å². The Balaban J connectivity index is 1.35. The molecule has 0 saturated carbocycles. The predicted octanol–water partition coefficient (Wildman–Crippen LogP) is 8.29. The van der Waals surface area contributed by atoms with Crippen molar-refractivity contribution < 1.29 is 28.9 Å². The third-order valence-electron chi connectivity index (χ3n) is 9.09. The number of carbonyl (C=O) groups excluding carboxylic acids is 2. The molecular weight excluding hydrogens is 624 g/mol. The number of hydrogen-bond acceptors (Lipinski definition) is 6. The van der Waals surface area contributed by atoms with E-state index in [-0.39, 0.29) is 19.6 Å². The first-order valence-corrected chi connectivity index (χ1v) is 16.8. The molecule has 0 aliphatic rings. The van der Waals surface area contributed by atoms with Crippen LogP contribution in [0, 0.1) is 5.92 Å². The monoisotopic (exact) mass is 664 g/mol. The average Bonchev–Trinajstić information content (AvgIpc) is 3.18. The minimum absolute atomic E-state index is 0.0654. The van der Waals surface area contributed by atoms with Crippen molar-refractivity contribution in [2.75, 3.05) is 13.7 Å². The zero-order valence-corrected chi connectivity index (χ0v) is 28.0. The quantitative estimate of drug-likeness (QED) is 0.0933. The van der Waals surface area contributed by atoms with E-state index in [2.05, 4.69) is 0 Å². The molecule has 0 aliphatic heterocycles. The highest BCUT2D eigenvalue weighted by Gasteiger charge is 2.40. The summed E-state index contributed by atoms with van der Waals surface area (Å²) in [5, 5.41) is 13.7. The van der Waals surface area contributed by atoms with Crippen LogP contribution >= 0.6 is 0 Å². The minimum atomic E-state index is -1.13.